The fourth-order valence-electron chi connectivity index (χ4n) is 2.38. The third-order valence-corrected chi connectivity index (χ3v) is 3.52. The van der Waals surface area contributed by atoms with Crippen LogP contribution in [0.2, 0.25) is 0 Å². The van der Waals surface area contributed by atoms with Crippen LogP contribution in [0.5, 0.6) is 0 Å². The quantitative estimate of drug-likeness (QED) is 0.834. The van der Waals surface area contributed by atoms with Crippen LogP contribution in [-0.4, -0.2) is 60.0 Å². The summed E-state index contributed by atoms with van der Waals surface area (Å²) < 4.78 is 0. The van der Waals surface area contributed by atoms with E-state index in [1.165, 1.54) is 6.42 Å². The molecule has 1 unspecified atom stereocenters. The second-order valence-electron chi connectivity index (χ2n) is 5.10. The molecule has 0 radical (unpaired) electrons. The normalized spacial score (nSPS) is 22.9. The molecule has 1 aromatic heterocycles. The molecule has 0 aliphatic carbocycles. The maximum absolute atomic E-state index is 5.53. The summed E-state index contributed by atoms with van der Waals surface area (Å²) in [6.07, 6.45) is 5.87. The summed E-state index contributed by atoms with van der Waals surface area (Å²) in [5.41, 5.74) is 6.65. The molecule has 1 saturated heterocycles. The number of aromatic nitrogens is 2. The standard InChI is InChI=1S/C13H23N5/c1-17-6-3-7-18(2)12(10-17)13-15-8-11(4-5-14)9-16-13/h8-9,12H,3-7,10,14H2,1-2H3. The molecule has 5 nitrogen and oxygen atoms in total. The molecule has 1 aliphatic rings. The molecule has 0 spiro atoms. The Bertz CT molecular complexity index is 364. The van der Waals surface area contributed by atoms with Crippen LogP contribution >= 0.6 is 0 Å². The Morgan fingerprint density at radius 2 is 2.00 bits per heavy atom. The van der Waals surface area contributed by atoms with E-state index < -0.39 is 0 Å². The van der Waals surface area contributed by atoms with E-state index in [2.05, 4.69) is 33.9 Å². The molecule has 1 aromatic rings. The van der Waals surface area contributed by atoms with Gasteiger partial charge in [0.25, 0.3) is 0 Å². The third-order valence-electron chi connectivity index (χ3n) is 3.52. The Labute approximate surface area is 109 Å². The van der Waals surface area contributed by atoms with Crippen LogP contribution in [0.25, 0.3) is 0 Å². The van der Waals surface area contributed by atoms with Gasteiger partial charge in [-0.15, -0.1) is 0 Å². The van der Waals surface area contributed by atoms with E-state index in [1.54, 1.807) is 0 Å². The topological polar surface area (TPSA) is 58.3 Å². The smallest absolute Gasteiger partial charge is 0.146 e. The van der Waals surface area contributed by atoms with E-state index in [4.69, 9.17) is 5.73 Å². The van der Waals surface area contributed by atoms with Crippen LogP contribution in [0.4, 0.5) is 0 Å². The molecule has 1 atom stereocenters. The van der Waals surface area contributed by atoms with Crippen molar-refractivity contribution in [3.8, 4) is 0 Å². The first-order valence-corrected chi connectivity index (χ1v) is 6.60. The summed E-state index contributed by atoms with van der Waals surface area (Å²) in [5, 5.41) is 0. The second-order valence-corrected chi connectivity index (χ2v) is 5.10. The van der Waals surface area contributed by atoms with Gasteiger partial charge in [0.2, 0.25) is 0 Å². The summed E-state index contributed by atoms with van der Waals surface area (Å²) in [4.78, 5) is 13.7. The minimum atomic E-state index is 0.296. The van der Waals surface area contributed by atoms with Gasteiger partial charge in [-0.25, -0.2) is 9.97 Å². The van der Waals surface area contributed by atoms with Crippen molar-refractivity contribution >= 4 is 0 Å². The number of likely N-dealkylation sites (N-methyl/N-ethyl adjacent to an activating group) is 2. The summed E-state index contributed by atoms with van der Waals surface area (Å²) in [6.45, 7) is 3.89. The van der Waals surface area contributed by atoms with Crippen LogP contribution in [0.3, 0.4) is 0 Å². The van der Waals surface area contributed by atoms with Gasteiger partial charge in [-0.3, -0.25) is 4.90 Å². The Morgan fingerprint density at radius 3 is 2.67 bits per heavy atom. The molecule has 1 aliphatic heterocycles. The molecule has 0 saturated carbocycles. The van der Waals surface area contributed by atoms with E-state index >= 15 is 0 Å². The zero-order valence-electron chi connectivity index (χ0n) is 11.3. The van der Waals surface area contributed by atoms with Gasteiger partial charge >= 0.3 is 0 Å². The summed E-state index contributed by atoms with van der Waals surface area (Å²) in [5.74, 6) is 0.923. The molecular formula is C13H23N5. The van der Waals surface area contributed by atoms with Crippen LogP contribution in [0, 0.1) is 0 Å². The van der Waals surface area contributed by atoms with E-state index in [9.17, 15) is 0 Å². The fourth-order valence-corrected chi connectivity index (χ4v) is 2.38. The van der Waals surface area contributed by atoms with Crippen LogP contribution in [0.15, 0.2) is 12.4 Å². The predicted octanol–water partition coefficient (Wildman–Crippen LogP) is 0.286. The Kier molecular flexibility index (Phi) is 4.63. The van der Waals surface area contributed by atoms with Crippen molar-refractivity contribution in [1.29, 1.82) is 0 Å². The van der Waals surface area contributed by atoms with Crippen molar-refractivity contribution in [1.82, 2.24) is 19.8 Å². The van der Waals surface area contributed by atoms with Crippen molar-refractivity contribution in [2.45, 2.75) is 18.9 Å². The van der Waals surface area contributed by atoms with Gasteiger partial charge in [-0.1, -0.05) is 0 Å². The van der Waals surface area contributed by atoms with Crippen LogP contribution in [0.1, 0.15) is 23.9 Å². The van der Waals surface area contributed by atoms with Crippen molar-refractivity contribution in [2.75, 3.05) is 40.3 Å². The third kappa shape index (κ3) is 3.25. The molecule has 0 bridgehead atoms. The molecule has 1 fully saturated rings. The highest BCUT2D eigenvalue weighted by molar-refractivity contribution is 5.08. The lowest BCUT2D eigenvalue weighted by molar-refractivity contribution is 0.219. The highest BCUT2D eigenvalue weighted by atomic mass is 15.2. The first-order chi connectivity index (χ1) is 8.70. The lowest BCUT2D eigenvalue weighted by atomic mass is 10.2. The maximum atomic E-state index is 5.53. The zero-order chi connectivity index (χ0) is 13.0. The highest BCUT2D eigenvalue weighted by Gasteiger charge is 2.23. The van der Waals surface area contributed by atoms with E-state index in [0.717, 1.165) is 37.4 Å². The fraction of sp³-hybridized carbons (Fsp3) is 0.692. The largest absolute Gasteiger partial charge is 0.330 e. The Morgan fingerprint density at radius 1 is 1.28 bits per heavy atom. The van der Waals surface area contributed by atoms with Gasteiger partial charge in [0.1, 0.15) is 5.82 Å². The molecule has 100 valence electrons. The second kappa shape index (κ2) is 6.22. The SMILES string of the molecule is CN1CCCN(C)C(c2ncc(CCN)cn2)C1. The molecule has 0 aromatic carbocycles. The highest BCUT2D eigenvalue weighted by Crippen LogP contribution is 2.19. The van der Waals surface area contributed by atoms with Crippen LogP contribution < -0.4 is 5.73 Å². The van der Waals surface area contributed by atoms with Gasteiger partial charge in [-0.2, -0.15) is 0 Å². The van der Waals surface area contributed by atoms with Gasteiger partial charge in [0.05, 0.1) is 6.04 Å². The Balaban J connectivity index is 2.12. The van der Waals surface area contributed by atoms with Gasteiger partial charge in [0, 0.05) is 18.9 Å². The van der Waals surface area contributed by atoms with Crippen molar-refractivity contribution in [3.63, 3.8) is 0 Å². The number of nitrogens with zero attached hydrogens (tertiary/aromatic N) is 4. The van der Waals surface area contributed by atoms with Crippen LogP contribution in [-0.2, 0) is 6.42 Å². The van der Waals surface area contributed by atoms with Gasteiger partial charge in [0.15, 0.2) is 0 Å². The Hall–Kier alpha value is -1.04. The van der Waals surface area contributed by atoms with Crippen molar-refractivity contribution in [3.05, 3.63) is 23.8 Å². The summed E-state index contributed by atoms with van der Waals surface area (Å²) in [7, 11) is 4.32. The molecule has 2 N–H and O–H groups in total. The predicted molar refractivity (Wildman–Crippen MR) is 72.3 cm³/mol. The molecule has 2 heterocycles. The first kappa shape index (κ1) is 13.4. The summed E-state index contributed by atoms with van der Waals surface area (Å²) >= 11 is 0. The van der Waals surface area contributed by atoms with Crippen molar-refractivity contribution in [2.24, 2.45) is 5.73 Å². The molecule has 18 heavy (non-hydrogen) atoms. The summed E-state index contributed by atoms with van der Waals surface area (Å²) in [6, 6.07) is 0.296. The zero-order valence-corrected chi connectivity index (χ0v) is 11.3. The minimum absolute atomic E-state index is 0.296. The number of hydrogen-bond donors (Lipinski definition) is 1. The maximum Gasteiger partial charge on any atom is 0.146 e. The number of rotatable bonds is 3. The number of nitrogens with two attached hydrogens (primary N) is 1. The van der Waals surface area contributed by atoms with Crippen molar-refractivity contribution < 1.29 is 0 Å². The van der Waals surface area contributed by atoms with Gasteiger partial charge in [-0.05, 0) is 52.1 Å². The minimum Gasteiger partial charge on any atom is -0.330 e. The molecule has 5 heteroatoms. The molecular weight excluding hydrogens is 226 g/mol. The lowest BCUT2D eigenvalue weighted by Gasteiger charge is -2.25. The average molecular weight is 249 g/mol. The monoisotopic (exact) mass is 249 g/mol. The van der Waals surface area contributed by atoms with E-state index in [1.807, 2.05) is 12.4 Å². The van der Waals surface area contributed by atoms with E-state index in [-0.39, 0.29) is 0 Å². The molecule has 0 amide bonds. The number of hydrogen-bond acceptors (Lipinski definition) is 5. The molecule has 2 rings (SSSR count). The van der Waals surface area contributed by atoms with Gasteiger partial charge < -0.3 is 10.6 Å². The lowest BCUT2D eigenvalue weighted by Crippen LogP contribution is -2.31. The van der Waals surface area contributed by atoms with E-state index in [0.29, 0.717) is 12.6 Å². The average Bonchev–Trinajstić information content (AvgIpc) is 2.53. The first-order valence-electron chi connectivity index (χ1n) is 6.60.